The molecule has 0 radical (unpaired) electrons. The van der Waals surface area contributed by atoms with Gasteiger partial charge in [-0.3, -0.25) is 9.59 Å². The molecular weight excluding hydrogens is 364 g/mol. The van der Waals surface area contributed by atoms with Crippen molar-refractivity contribution in [3.8, 4) is 5.69 Å². The minimum atomic E-state index is -0.425. The van der Waals surface area contributed by atoms with Gasteiger partial charge < -0.3 is 20.1 Å². The molecule has 28 heavy (non-hydrogen) atoms. The minimum Gasteiger partial charge on any atom is -0.462 e. The fourth-order valence-electron chi connectivity index (χ4n) is 2.45. The van der Waals surface area contributed by atoms with Crippen LogP contribution in [0, 0.1) is 6.92 Å². The van der Waals surface area contributed by atoms with E-state index in [-0.39, 0.29) is 25.0 Å². The molecule has 0 spiro atoms. The van der Waals surface area contributed by atoms with Gasteiger partial charge in [0.15, 0.2) is 0 Å². The maximum atomic E-state index is 12.2. The van der Waals surface area contributed by atoms with E-state index in [1.807, 2.05) is 0 Å². The number of esters is 1. The molecule has 0 saturated heterocycles. The van der Waals surface area contributed by atoms with Crippen LogP contribution >= 0.6 is 0 Å². The Balaban J connectivity index is 1.99. The molecule has 0 atom stereocenters. The van der Waals surface area contributed by atoms with Gasteiger partial charge in [0.1, 0.15) is 5.56 Å². The lowest BCUT2D eigenvalue weighted by Crippen LogP contribution is -2.38. The van der Waals surface area contributed by atoms with Crippen molar-refractivity contribution in [1.29, 1.82) is 0 Å². The number of rotatable bonds is 9. The van der Waals surface area contributed by atoms with Crippen LogP contribution in [0.2, 0.25) is 0 Å². The lowest BCUT2D eigenvalue weighted by Gasteiger charge is -2.08. The van der Waals surface area contributed by atoms with E-state index < -0.39 is 5.97 Å². The van der Waals surface area contributed by atoms with Gasteiger partial charge in [-0.2, -0.15) is 5.10 Å². The molecule has 1 aromatic carbocycles. The highest BCUT2D eigenvalue weighted by molar-refractivity contribution is 5.96. The van der Waals surface area contributed by atoms with Gasteiger partial charge in [0, 0.05) is 19.2 Å². The van der Waals surface area contributed by atoms with Crippen molar-refractivity contribution in [2.45, 2.75) is 13.8 Å². The number of ether oxygens (including phenoxy) is 2. The first kappa shape index (κ1) is 21.1. The molecule has 0 unspecified atom stereocenters. The Morgan fingerprint density at radius 1 is 1.14 bits per heavy atom. The highest BCUT2D eigenvalue weighted by Crippen LogP contribution is 2.16. The highest BCUT2D eigenvalue weighted by Gasteiger charge is 2.16. The lowest BCUT2D eigenvalue weighted by molar-refractivity contribution is -0.120. The van der Waals surface area contributed by atoms with Gasteiger partial charge in [0.2, 0.25) is 5.91 Å². The summed E-state index contributed by atoms with van der Waals surface area (Å²) < 4.78 is 11.4. The van der Waals surface area contributed by atoms with Crippen molar-refractivity contribution >= 4 is 17.8 Å². The van der Waals surface area contributed by atoms with Crippen LogP contribution < -0.4 is 10.6 Å². The van der Waals surface area contributed by atoms with Crippen LogP contribution in [-0.2, 0) is 14.3 Å². The number of carbonyl (C=O) groups is 3. The predicted molar refractivity (Wildman–Crippen MR) is 101 cm³/mol. The summed E-state index contributed by atoms with van der Waals surface area (Å²) in [5, 5.41) is 9.38. The zero-order valence-corrected chi connectivity index (χ0v) is 16.2. The molecule has 0 aliphatic heterocycles. The average molecular weight is 388 g/mol. The number of nitrogens with zero attached hydrogens (tertiary/aromatic N) is 2. The normalized spacial score (nSPS) is 10.4. The van der Waals surface area contributed by atoms with Gasteiger partial charge >= 0.3 is 5.97 Å². The quantitative estimate of drug-likeness (QED) is 0.487. The Bertz CT molecular complexity index is 829. The van der Waals surface area contributed by atoms with Crippen LogP contribution in [0.25, 0.3) is 5.69 Å². The largest absolute Gasteiger partial charge is 0.462 e. The maximum absolute atomic E-state index is 12.2. The Kier molecular flexibility index (Phi) is 7.70. The Morgan fingerprint density at radius 2 is 1.86 bits per heavy atom. The zero-order chi connectivity index (χ0) is 20.5. The molecule has 0 bridgehead atoms. The Labute approximate surface area is 163 Å². The molecule has 1 aromatic heterocycles. The second-order valence-corrected chi connectivity index (χ2v) is 5.85. The van der Waals surface area contributed by atoms with E-state index >= 15 is 0 Å². The van der Waals surface area contributed by atoms with Crippen molar-refractivity contribution in [3.63, 3.8) is 0 Å². The first-order valence-electron chi connectivity index (χ1n) is 8.84. The predicted octanol–water partition coefficient (Wildman–Crippen LogP) is 0.850. The topological polar surface area (TPSA) is 112 Å². The number of nitrogens with one attached hydrogen (secondary N) is 2. The van der Waals surface area contributed by atoms with E-state index in [4.69, 9.17) is 9.47 Å². The van der Waals surface area contributed by atoms with E-state index in [1.54, 1.807) is 49.9 Å². The van der Waals surface area contributed by atoms with Crippen LogP contribution in [0.4, 0.5) is 0 Å². The van der Waals surface area contributed by atoms with E-state index in [1.165, 1.54) is 6.20 Å². The Morgan fingerprint density at radius 3 is 2.50 bits per heavy atom. The smallest absolute Gasteiger partial charge is 0.341 e. The van der Waals surface area contributed by atoms with Crippen molar-refractivity contribution in [2.24, 2.45) is 0 Å². The van der Waals surface area contributed by atoms with E-state index in [0.29, 0.717) is 35.7 Å². The summed E-state index contributed by atoms with van der Waals surface area (Å²) in [5.74, 6) is -1.08. The molecule has 2 rings (SSSR count). The Hall–Kier alpha value is -3.20. The van der Waals surface area contributed by atoms with Crippen molar-refractivity contribution in [1.82, 2.24) is 20.4 Å². The number of carbonyl (C=O) groups excluding carboxylic acids is 3. The van der Waals surface area contributed by atoms with Crippen LogP contribution in [-0.4, -0.2) is 61.0 Å². The summed E-state index contributed by atoms with van der Waals surface area (Å²) in [6.45, 7) is 4.47. The lowest BCUT2D eigenvalue weighted by atomic mass is 10.2. The van der Waals surface area contributed by atoms with Gasteiger partial charge in [0.25, 0.3) is 5.91 Å². The third-order valence-corrected chi connectivity index (χ3v) is 3.92. The molecule has 2 aromatic rings. The molecule has 2 amide bonds. The van der Waals surface area contributed by atoms with Gasteiger partial charge in [-0.25, -0.2) is 9.48 Å². The maximum Gasteiger partial charge on any atom is 0.341 e. The number of amides is 2. The molecule has 9 nitrogen and oxygen atoms in total. The molecular formula is C19H24N4O5. The third kappa shape index (κ3) is 5.40. The van der Waals surface area contributed by atoms with E-state index in [0.717, 1.165) is 0 Å². The van der Waals surface area contributed by atoms with Gasteiger partial charge in [-0.15, -0.1) is 0 Å². The van der Waals surface area contributed by atoms with Crippen molar-refractivity contribution < 1.29 is 23.9 Å². The molecule has 9 heteroatoms. The fourth-order valence-corrected chi connectivity index (χ4v) is 2.45. The summed E-state index contributed by atoms with van der Waals surface area (Å²) in [6, 6.07) is 6.67. The van der Waals surface area contributed by atoms with Gasteiger partial charge in [-0.05, 0) is 38.1 Å². The average Bonchev–Trinajstić information content (AvgIpc) is 3.08. The summed E-state index contributed by atoms with van der Waals surface area (Å²) >= 11 is 0. The zero-order valence-electron chi connectivity index (χ0n) is 16.2. The van der Waals surface area contributed by atoms with Crippen molar-refractivity contribution in [2.75, 3.05) is 33.4 Å². The summed E-state index contributed by atoms with van der Waals surface area (Å²) in [6.07, 6.45) is 1.45. The second kappa shape index (κ2) is 10.2. The SMILES string of the molecule is CCOC(=O)c1cnn(-c2ccc(C(=O)NCC(=O)NCCOC)cc2)c1C. The third-order valence-electron chi connectivity index (χ3n) is 3.92. The first-order chi connectivity index (χ1) is 13.5. The number of hydrogen-bond donors (Lipinski definition) is 2. The highest BCUT2D eigenvalue weighted by atomic mass is 16.5. The molecule has 1 heterocycles. The van der Waals surface area contributed by atoms with Gasteiger partial charge in [0.05, 0.1) is 37.3 Å². The van der Waals surface area contributed by atoms with Crippen LogP contribution in [0.5, 0.6) is 0 Å². The summed E-state index contributed by atoms with van der Waals surface area (Å²) in [5.41, 5.74) is 2.14. The van der Waals surface area contributed by atoms with E-state index in [2.05, 4.69) is 15.7 Å². The standard InChI is InChI=1S/C19H24N4O5/c1-4-28-19(26)16-11-22-23(13(16)2)15-7-5-14(6-8-15)18(25)21-12-17(24)20-9-10-27-3/h5-8,11H,4,9-10,12H2,1-3H3,(H,20,24)(H,21,25). The number of aromatic nitrogens is 2. The van der Waals surface area contributed by atoms with Crippen LogP contribution in [0.15, 0.2) is 30.5 Å². The second-order valence-electron chi connectivity index (χ2n) is 5.85. The molecule has 0 aliphatic carbocycles. The van der Waals surface area contributed by atoms with Crippen molar-refractivity contribution in [3.05, 3.63) is 47.3 Å². The van der Waals surface area contributed by atoms with E-state index in [9.17, 15) is 14.4 Å². The molecule has 150 valence electrons. The number of benzene rings is 1. The fraction of sp³-hybridized carbons (Fsp3) is 0.368. The number of methoxy groups -OCH3 is 1. The molecule has 0 aliphatic rings. The minimum absolute atomic E-state index is 0.120. The summed E-state index contributed by atoms with van der Waals surface area (Å²) in [4.78, 5) is 35.7. The van der Waals surface area contributed by atoms with Crippen LogP contribution in [0.3, 0.4) is 0 Å². The summed E-state index contributed by atoms with van der Waals surface area (Å²) in [7, 11) is 1.54. The molecule has 0 fully saturated rings. The first-order valence-corrected chi connectivity index (χ1v) is 8.84. The van der Waals surface area contributed by atoms with Crippen LogP contribution in [0.1, 0.15) is 33.3 Å². The molecule has 2 N–H and O–H groups in total. The number of hydrogen-bond acceptors (Lipinski definition) is 6. The molecule has 0 saturated carbocycles. The monoisotopic (exact) mass is 388 g/mol. The van der Waals surface area contributed by atoms with Gasteiger partial charge in [-0.1, -0.05) is 0 Å².